The van der Waals surface area contributed by atoms with Gasteiger partial charge < -0.3 is 5.11 Å². The molecule has 4 heteroatoms. The standard InChI is InChI=1S/C14H24N2O2/c1-5-11(4)16-9-8-12(15-16)10-13(17)14(18,6-2)7-3/h8-9,11,18H,5-7,10H2,1-4H3. The molecule has 1 rings (SSSR count). The van der Waals surface area contributed by atoms with Gasteiger partial charge in [0, 0.05) is 12.2 Å². The molecule has 102 valence electrons. The van der Waals surface area contributed by atoms with Crippen molar-refractivity contribution in [3.05, 3.63) is 18.0 Å². The van der Waals surface area contributed by atoms with Crippen molar-refractivity contribution in [2.45, 2.75) is 65.0 Å². The van der Waals surface area contributed by atoms with E-state index in [2.05, 4.69) is 18.9 Å². The van der Waals surface area contributed by atoms with Gasteiger partial charge in [0.2, 0.25) is 0 Å². The third-order valence-corrected chi connectivity index (χ3v) is 3.74. The van der Waals surface area contributed by atoms with Crippen LogP contribution in [-0.2, 0) is 11.2 Å². The Morgan fingerprint density at radius 2 is 2.06 bits per heavy atom. The van der Waals surface area contributed by atoms with Gasteiger partial charge in [0.1, 0.15) is 5.60 Å². The fraction of sp³-hybridized carbons (Fsp3) is 0.714. The summed E-state index contributed by atoms with van der Waals surface area (Å²) in [5.41, 5.74) is -0.458. The van der Waals surface area contributed by atoms with Crippen molar-refractivity contribution in [3.63, 3.8) is 0 Å². The van der Waals surface area contributed by atoms with Crippen LogP contribution in [0.5, 0.6) is 0 Å². The molecule has 0 bridgehead atoms. The van der Waals surface area contributed by atoms with Gasteiger partial charge in [-0.25, -0.2) is 0 Å². The maximum absolute atomic E-state index is 12.0. The first-order chi connectivity index (χ1) is 8.46. The summed E-state index contributed by atoms with van der Waals surface area (Å²) in [6, 6.07) is 2.19. The van der Waals surface area contributed by atoms with Crippen LogP contribution >= 0.6 is 0 Å². The predicted molar refractivity (Wildman–Crippen MR) is 71.5 cm³/mol. The van der Waals surface area contributed by atoms with E-state index >= 15 is 0 Å². The summed E-state index contributed by atoms with van der Waals surface area (Å²) in [6.07, 6.45) is 4.01. The van der Waals surface area contributed by atoms with E-state index in [1.807, 2.05) is 30.8 Å². The highest BCUT2D eigenvalue weighted by molar-refractivity contribution is 5.88. The quantitative estimate of drug-likeness (QED) is 0.811. The number of rotatable bonds is 7. The molecule has 4 nitrogen and oxygen atoms in total. The number of carbonyl (C=O) groups excluding carboxylic acids is 1. The number of hydrogen-bond acceptors (Lipinski definition) is 3. The summed E-state index contributed by atoms with van der Waals surface area (Å²) in [4.78, 5) is 12.0. The van der Waals surface area contributed by atoms with Gasteiger partial charge in [-0.2, -0.15) is 5.10 Å². The molecule has 0 saturated carbocycles. The molecule has 18 heavy (non-hydrogen) atoms. The minimum Gasteiger partial charge on any atom is -0.382 e. The van der Waals surface area contributed by atoms with Crippen LogP contribution in [0, 0.1) is 0 Å². The maximum Gasteiger partial charge on any atom is 0.170 e. The van der Waals surface area contributed by atoms with Crippen LogP contribution < -0.4 is 0 Å². The number of aliphatic hydroxyl groups is 1. The molecule has 1 N–H and O–H groups in total. The highest BCUT2D eigenvalue weighted by atomic mass is 16.3. The second kappa shape index (κ2) is 6.14. The van der Waals surface area contributed by atoms with Crippen molar-refractivity contribution in [1.29, 1.82) is 0 Å². The molecule has 1 atom stereocenters. The molecular formula is C14H24N2O2. The van der Waals surface area contributed by atoms with Crippen LogP contribution in [0.25, 0.3) is 0 Å². The zero-order valence-electron chi connectivity index (χ0n) is 11.8. The second-order valence-electron chi connectivity index (χ2n) is 4.88. The first kappa shape index (κ1) is 14.9. The molecule has 0 spiro atoms. The van der Waals surface area contributed by atoms with Crippen LogP contribution in [0.3, 0.4) is 0 Å². The summed E-state index contributed by atoms with van der Waals surface area (Å²) >= 11 is 0. The normalized spacial score (nSPS) is 13.6. The van der Waals surface area contributed by atoms with Gasteiger partial charge >= 0.3 is 0 Å². The van der Waals surface area contributed by atoms with Gasteiger partial charge in [-0.05, 0) is 32.3 Å². The molecule has 0 aromatic carbocycles. The van der Waals surface area contributed by atoms with Gasteiger partial charge in [-0.3, -0.25) is 9.48 Å². The Morgan fingerprint density at radius 1 is 1.44 bits per heavy atom. The van der Waals surface area contributed by atoms with E-state index in [9.17, 15) is 9.90 Å². The third kappa shape index (κ3) is 3.19. The van der Waals surface area contributed by atoms with Crippen molar-refractivity contribution in [2.24, 2.45) is 0 Å². The van der Waals surface area contributed by atoms with Crippen molar-refractivity contribution in [1.82, 2.24) is 9.78 Å². The third-order valence-electron chi connectivity index (χ3n) is 3.74. The molecule has 1 heterocycles. The SMILES string of the molecule is CCC(C)n1ccc(CC(=O)C(O)(CC)CC)n1. The summed E-state index contributed by atoms with van der Waals surface area (Å²) in [5, 5.41) is 14.5. The van der Waals surface area contributed by atoms with Gasteiger partial charge in [-0.15, -0.1) is 0 Å². The molecule has 0 aliphatic heterocycles. The van der Waals surface area contributed by atoms with Crippen molar-refractivity contribution >= 4 is 5.78 Å². The van der Waals surface area contributed by atoms with Gasteiger partial charge in [0.05, 0.1) is 12.1 Å². The Hall–Kier alpha value is -1.16. The van der Waals surface area contributed by atoms with Crippen LogP contribution in [0.4, 0.5) is 0 Å². The maximum atomic E-state index is 12.0. The minimum atomic E-state index is -1.19. The first-order valence-electron chi connectivity index (χ1n) is 6.76. The van der Waals surface area contributed by atoms with Crippen molar-refractivity contribution < 1.29 is 9.90 Å². The lowest BCUT2D eigenvalue weighted by Gasteiger charge is -2.22. The van der Waals surface area contributed by atoms with Crippen LogP contribution in [0.15, 0.2) is 12.3 Å². The molecular weight excluding hydrogens is 228 g/mol. The number of aromatic nitrogens is 2. The molecule has 0 amide bonds. The highest BCUT2D eigenvalue weighted by Gasteiger charge is 2.31. The number of nitrogens with zero attached hydrogens (tertiary/aromatic N) is 2. The average molecular weight is 252 g/mol. The predicted octanol–water partition coefficient (Wildman–Crippen LogP) is 2.52. The average Bonchev–Trinajstić information content (AvgIpc) is 2.85. The monoisotopic (exact) mass is 252 g/mol. The Balaban J connectivity index is 2.73. The zero-order valence-corrected chi connectivity index (χ0v) is 11.8. The Kier molecular flexibility index (Phi) is 5.08. The summed E-state index contributed by atoms with van der Waals surface area (Å²) < 4.78 is 1.87. The lowest BCUT2D eigenvalue weighted by molar-refractivity contribution is -0.137. The van der Waals surface area contributed by atoms with E-state index in [1.54, 1.807) is 0 Å². The largest absolute Gasteiger partial charge is 0.382 e. The first-order valence-corrected chi connectivity index (χ1v) is 6.76. The summed E-state index contributed by atoms with van der Waals surface area (Å²) in [5.74, 6) is -0.137. The number of ketones is 1. The van der Waals surface area contributed by atoms with E-state index < -0.39 is 5.60 Å². The Bertz CT molecular complexity index is 394. The summed E-state index contributed by atoms with van der Waals surface area (Å²) in [7, 11) is 0. The Labute approximate surface area is 109 Å². The molecule has 0 saturated heterocycles. The molecule has 0 radical (unpaired) electrons. The van der Waals surface area contributed by atoms with Gasteiger partial charge in [0.25, 0.3) is 0 Å². The zero-order chi connectivity index (χ0) is 13.8. The number of hydrogen-bond donors (Lipinski definition) is 1. The summed E-state index contributed by atoms with van der Waals surface area (Å²) in [6.45, 7) is 7.86. The highest BCUT2D eigenvalue weighted by Crippen LogP contribution is 2.18. The topological polar surface area (TPSA) is 55.1 Å². The Morgan fingerprint density at radius 3 is 2.56 bits per heavy atom. The van der Waals surface area contributed by atoms with Crippen LogP contribution in [-0.4, -0.2) is 26.3 Å². The van der Waals surface area contributed by atoms with Crippen LogP contribution in [0.1, 0.15) is 58.7 Å². The van der Waals surface area contributed by atoms with E-state index in [0.717, 1.165) is 12.1 Å². The molecule has 0 aliphatic carbocycles. The smallest absolute Gasteiger partial charge is 0.170 e. The minimum absolute atomic E-state index is 0.137. The molecule has 1 aromatic heterocycles. The fourth-order valence-electron chi connectivity index (χ4n) is 1.88. The molecule has 0 fully saturated rings. The lowest BCUT2D eigenvalue weighted by Crippen LogP contribution is -2.38. The number of Topliss-reactive ketones (excluding diaryl/α,β-unsaturated/α-hetero) is 1. The molecule has 0 aliphatic rings. The van der Waals surface area contributed by atoms with E-state index in [4.69, 9.17) is 0 Å². The molecule has 1 unspecified atom stereocenters. The fourth-order valence-corrected chi connectivity index (χ4v) is 1.88. The van der Waals surface area contributed by atoms with Crippen LogP contribution in [0.2, 0.25) is 0 Å². The lowest BCUT2D eigenvalue weighted by atomic mass is 9.90. The van der Waals surface area contributed by atoms with E-state index in [1.165, 1.54) is 0 Å². The van der Waals surface area contributed by atoms with Gasteiger partial charge in [0.15, 0.2) is 5.78 Å². The number of carbonyl (C=O) groups is 1. The van der Waals surface area contributed by atoms with E-state index in [-0.39, 0.29) is 12.2 Å². The van der Waals surface area contributed by atoms with Crippen molar-refractivity contribution in [2.75, 3.05) is 0 Å². The van der Waals surface area contributed by atoms with Gasteiger partial charge in [-0.1, -0.05) is 20.8 Å². The van der Waals surface area contributed by atoms with Crippen molar-refractivity contribution in [3.8, 4) is 0 Å². The second-order valence-corrected chi connectivity index (χ2v) is 4.88. The molecule has 1 aromatic rings. The van der Waals surface area contributed by atoms with E-state index in [0.29, 0.717) is 18.9 Å².